The maximum Gasteiger partial charge on any atom is 0.146 e. The number of pyridine rings is 1. The normalized spacial score (nSPS) is 11.9. The first-order chi connectivity index (χ1) is 6.63. The summed E-state index contributed by atoms with van der Waals surface area (Å²) in [5, 5.41) is 0. The summed E-state index contributed by atoms with van der Waals surface area (Å²) in [7, 11) is 0. The van der Waals surface area contributed by atoms with E-state index in [4.69, 9.17) is 0 Å². The summed E-state index contributed by atoms with van der Waals surface area (Å²) in [5.41, 5.74) is 1.72. The van der Waals surface area contributed by atoms with Crippen molar-refractivity contribution in [2.24, 2.45) is 5.92 Å². The zero-order valence-electron chi connectivity index (χ0n) is 8.20. The molecule has 1 rings (SSSR count). The van der Waals surface area contributed by atoms with E-state index in [1.165, 1.54) is 0 Å². The molecule has 3 heteroatoms. The lowest BCUT2D eigenvalue weighted by atomic mass is 10.0. The van der Waals surface area contributed by atoms with Crippen molar-refractivity contribution < 1.29 is 4.79 Å². The summed E-state index contributed by atoms with van der Waals surface area (Å²) in [6.07, 6.45) is 6.20. The Morgan fingerprint density at radius 3 is 2.71 bits per heavy atom. The van der Waals surface area contributed by atoms with Crippen LogP contribution in [0.25, 0.3) is 6.08 Å². The number of carbonyl (C=O) groups is 1. The summed E-state index contributed by atoms with van der Waals surface area (Å²) in [5.74, 6) is 0.242. The zero-order valence-corrected chi connectivity index (χ0v) is 9.78. The van der Waals surface area contributed by atoms with Crippen LogP contribution >= 0.6 is 15.9 Å². The van der Waals surface area contributed by atoms with Crippen molar-refractivity contribution in [3.05, 3.63) is 34.1 Å². The molecule has 1 aromatic rings. The minimum atomic E-state index is 0.242. The Hall–Kier alpha value is -0.960. The molecule has 0 bridgehead atoms. The average molecular weight is 254 g/mol. The maximum absolute atomic E-state index is 10.7. The fourth-order valence-corrected chi connectivity index (χ4v) is 1.42. The standard InChI is InChI=1S/C11H12BrNO/c1-8(2)10(7-14)3-9-4-11(12)6-13-5-9/h3-8H,1-2H3/b10-3+. The number of carbonyl (C=O) groups excluding carboxylic acids is 1. The minimum Gasteiger partial charge on any atom is -0.298 e. The highest BCUT2D eigenvalue weighted by Crippen LogP contribution is 2.15. The van der Waals surface area contributed by atoms with Gasteiger partial charge in [-0.2, -0.15) is 0 Å². The molecule has 0 aliphatic rings. The largest absolute Gasteiger partial charge is 0.298 e. The van der Waals surface area contributed by atoms with Gasteiger partial charge in [-0.25, -0.2) is 0 Å². The second-order valence-corrected chi connectivity index (χ2v) is 4.27. The van der Waals surface area contributed by atoms with E-state index < -0.39 is 0 Å². The molecule has 0 saturated carbocycles. The van der Waals surface area contributed by atoms with E-state index in [1.807, 2.05) is 26.0 Å². The first-order valence-corrected chi connectivity index (χ1v) is 5.20. The number of rotatable bonds is 3. The van der Waals surface area contributed by atoms with Gasteiger partial charge in [0.2, 0.25) is 0 Å². The fourth-order valence-electron chi connectivity index (χ4n) is 1.04. The van der Waals surface area contributed by atoms with Gasteiger partial charge >= 0.3 is 0 Å². The van der Waals surface area contributed by atoms with E-state index in [2.05, 4.69) is 20.9 Å². The summed E-state index contributed by atoms with van der Waals surface area (Å²) in [6.45, 7) is 3.98. The predicted molar refractivity (Wildman–Crippen MR) is 60.8 cm³/mol. The predicted octanol–water partition coefficient (Wildman–Crippen LogP) is 3.08. The number of allylic oxidation sites excluding steroid dienone is 1. The number of halogens is 1. The van der Waals surface area contributed by atoms with Crippen LogP contribution in [-0.4, -0.2) is 11.3 Å². The van der Waals surface area contributed by atoms with Crippen LogP contribution in [0.2, 0.25) is 0 Å². The van der Waals surface area contributed by atoms with Gasteiger partial charge in [-0.05, 0) is 45.1 Å². The Labute approximate surface area is 92.2 Å². The van der Waals surface area contributed by atoms with E-state index in [0.29, 0.717) is 0 Å². The van der Waals surface area contributed by atoms with Crippen LogP contribution in [0.1, 0.15) is 19.4 Å². The van der Waals surface area contributed by atoms with Crippen molar-refractivity contribution in [2.75, 3.05) is 0 Å². The van der Waals surface area contributed by atoms with Gasteiger partial charge in [0, 0.05) is 16.9 Å². The van der Waals surface area contributed by atoms with Gasteiger partial charge in [0.1, 0.15) is 6.29 Å². The highest BCUT2D eigenvalue weighted by molar-refractivity contribution is 9.10. The lowest BCUT2D eigenvalue weighted by Gasteiger charge is -2.03. The van der Waals surface area contributed by atoms with Gasteiger partial charge in [0.15, 0.2) is 0 Å². The molecule has 1 heterocycles. The van der Waals surface area contributed by atoms with Crippen LogP contribution in [0.5, 0.6) is 0 Å². The van der Waals surface area contributed by atoms with Crippen molar-refractivity contribution in [3.8, 4) is 0 Å². The van der Waals surface area contributed by atoms with Gasteiger partial charge in [-0.3, -0.25) is 9.78 Å². The highest BCUT2D eigenvalue weighted by Gasteiger charge is 2.01. The quantitative estimate of drug-likeness (QED) is 0.612. The Balaban J connectivity index is 3.00. The van der Waals surface area contributed by atoms with Crippen molar-refractivity contribution in [1.29, 1.82) is 0 Å². The van der Waals surface area contributed by atoms with E-state index in [-0.39, 0.29) is 5.92 Å². The SMILES string of the molecule is CC(C)/C(C=O)=C/c1cncc(Br)c1. The topological polar surface area (TPSA) is 30.0 Å². The second-order valence-electron chi connectivity index (χ2n) is 3.35. The molecule has 0 N–H and O–H groups in total. The molecule has 74 valence electrons. The van der Waals surface area contributed by atoms with Gasteiger partial charge in [-0.1, -0.05) is 13.8 Å². The van der Waals surface area contributed by atoms with Gasteiger partial charge in [0.05, 0.1) is 0 Å². The molecule has 0 saturated heterocycles. The van der Waals surface area contributed by atoms with E-state index in [9.17, 15) is 4.79 Å². The summed E-state index contributed by atoms with van der Waals surface area (Å²) in [4.78, 5) is 14.8. The molecule has 0 aliphatic carbocycles. The van der Waals surface area contributed by atoms with Gasteiger partial charge < -0.3 is 0 Å². The number of hydrogen-bond donors (Lipinski definition) is 0. The minimum absolute atomic E-state index is 0.242. The van der Waals surface area contributed by atoms with Crippen molar-refractivity contribution >= 4 is 28.3 Å². The van der Waals surface area contributed by atoms with Crippen LogP contribution < -0.4 is 0 Å². The third-order valence-corrected chi connectivity index (χ3v) is 2.30. The number of hydrogen-bond acceptors (Lipinski definition) is 2. The molecule has 0 fully saturated rings. The first kappa shape index (κ1) is 11.1. The zero-order chi connectivity index (χ0) is 10.6. The second kappa shape index (κ2) is 5.05. The van der Waals surface area contributed by atoms with Gasteiger partial charge in [0.25, 0.3) is 0 Å². The lowest BCUT2D eigenvalue weighted by Crippen LogP contribution is -1.94. The Morgan fingerprint density at radius 2 is 2.21 bits per heavy atom. The number of aldehydes is 1. The fraction of sp³-hybridized carbons (Fsp3) is 0.273. The average Bonchev–Trinajstić information content (AvgIpc) is 2.14. The molecule has 0 unspecified atom stereocenters. The number of nitrogens with zero attached hydrogens (tertiary/aromatic N) is 1. The highest BCUT2D eigenvalue weighted by atomic mass is 79.9. The Kier molecular flexibility index (Phi) is 4.01. The molecular formula is C11H12BrNO. The van der Waals surface area contributed by atoms with Crippen molar-refractivity contribution in [2.45, 2.75) is 13.8 Å². The molecule has 0 aromatic carbocycles. The smallest absolute Gasteiger partial charge is 0.146 e. The van der Waals surface area contributed by atoms with Crippen molar-refractivity contribution in [3.63, 3.8) is 0 Å². The lowest BCUT2D eigenvalue weighted by molar-refractivity contribution is -0.105. The maximum atomic E-state index is 10.7. The Bertz CT molecular complexity index is 358. The summed E-state index contributed by atoms with van der Waals surface area (Å²) < 4.78 is 0.917. The molecule has 1 aromatic heterocycles. The molecule has 2 nitrogen and oxygen atoms in total. The molecule has 14 heavy (non-hydrogen) atoms. The third kappa shape index (κ3) is 3.07. The number of aromatic nitrogens is 1. The molecule has 0 spiro atoms. The summed E-state index contributed by atoms with van der Waals surface area (Å²) >= 11 is 3.33. The molecule has 0 amide bonds. The molecule has 0 atom stereocenters. The first-order valence-electron chi connectivity index (χ1n) is 4.41. The molecule has 0 radical (unpaired) electrons. The summed E-state index contributed by atoms with van der Waals surface area (Å²) in [6, 6.07) is 1.93. The van der Waals surface area contributed by atoms with Crippen molar-refractivity contribution in [1.82, 2.24) is 4.98 Å². The van der Waals surface area contributed by atoms with E-state index >= 15 is 0 Å². The van der Waals surface area contributed by atoms with Crippen LogP contribution in [0.3, 0.4) is 0 Å². The van der Waals surface area contributed by atoms with Crippen LogP contribution in [0.4, 0.5) is 0 Å². The third-order valence-electron chi connectivity index (χ3n) is 1.86. The van der Waals surface area contributed by atoms with E-state index in [1.54, 1.807) is 12.4 Å². The molecular weight excluding hydrogens is 242 g/mol. The van der Waals surface area contributed by atoms with Crippen LogP contribution in [0, 0.1) is 5.92 Å². The Morgan fingerprint density at radius 1 is 1.50 bits per heavy atom. The monoisotopic (exact) mass is 253 g/mol. The van der Waals surface area contributed by atoms with Gasteiger partial charge in [-0.15, -0.1) is 0 Å². The van der Waals surface area contributed by atoms with Crippen LogP contribution in [-0.2, 0) is 4.79 Å². The molecule has 0 aliphatic heterocycles. The van der Waals surface area contributed by atoms with Crippen LogP contribution in [0.15, 0.2) is 28.5 Å². The van der Waals surface area contributed by atoms with E-state index in [0.717, 1.165) is 21.9 Å².